The summed E-state index contributed by atoms with van der Waals surface area (Å²) < 4.78 is 5.54. The molecule has 0 aliphatic carbocycles. The highest BCUT2D eigenvalue weighted by molar-refractivity contribution is 5.85. The number of rotatable bonds is 24. The van der Waals surface area contributed by atoms with Gasteiger partial charge in [-0.25, -0.2) is 0 Å². The number of ether oxygens (including phenoxy) is 1. The Morgan fingerprint density at radius 2 is 0.440 bits per heavy atom. The van der Waals surface area contributed by atoms with E-state index in [1.165, 1.54) is 39.0 Å². The summed E-state index contributed by atoms with van der Waals surface area (Å²) >= 11 is 0. The Morgan fingerprint density at radius 3 is 0.660 bits per heavy atom. The lowest BCUT2D eigenvalue weighted by molar-refractivity contribution is 0.415. The normalized spacial score (nSPS) is 11.5. The largest absolute Gasteiger partial charge is 0.497 e. The molecule has 0 aliphatic rings. The van der Waals surface area contributed by atoms with Crippen LogP contribution in [0.3, 0.4) is 0 Å². The van der Waals surface area contributed by atoms with Crippen LogP contribution in [0.4, 0.5) is 34.1 Å². The molecule has 0 heterocycles. The van der Waals surface area contributed by atoms with Gasteiger partial charge in [0.05, 0.1) is 7.11 Å². The predicted octanol–water partition coefficient (Wildman–Crippen LogP) is 26.2. The van der Waals surface area contributed by atoms with Crippen molar-refractivity contribution in [3.05, 3.63) is 447 Å². The van der Waals surface area contributed by atoms with Crippen molar-refractivity contribution in [3.63, 3.8) is 0 Å². The van der Waals surface area contributed by atoms with E-state index in [0.29, 0.717) is 0 Å². The van der Waals surface area contributed by atoms with Gasteiger partial charge in [-0.2, -0.15) is 0 Å². The molecule has 13 aromatic carbocycles. The Kier molecular flexibility index (Phi) is 21.9. The first-order chi connectivity index (χ1) is 49.4. The predicted molar refractivity (Wildman–Crippen MR) is 431 cm³/mol. The lowest BCUT2D eigenvalue weighted by Gasteiger charge is -2.26. The third-order valence-corrected chi connectivity index (χ3v) is 17.7. The molecule has 0 N–H and O–H groups in total. The average molecular weight is 1290 g/mol. The van der Waals surface area contributed by atoms with E-state index in [0.717, 1.165) is 102 Å². The summed E-state index contributed by atoms with van der Waals surface area (Å²) in [7, 11) is 1.70. The van der Waals surface area contributed by atoms with Crippen LogP contribution in [0.25, 0.3) is 71.9 Å². The molecule has 0 spiro atoms. The first kappa shape index (κ1) is 65.8. The van der Waals surface area contributed by atoms with Gasteiger partial charge in [-0.3, -0.25) is 0 Å². The molecular weight excluding hydrogens is 1210 g/mol. The lowest BCUT2D eigenvalue weighted by atomic mass is 9.97. The standard InChI is InChI=1S/C97H78N2O/c1-3-74-50-60-89(61-51-74)98(90-62-52-81(53-63-90)46-42-77-34-30-75(31-35-77)18-16-28-96(85-20-8-4-9-21-85)86-22-10-5-11-23-86)91-64-54-83(55-65-91)48-44-79-38-40-80(41-39-79)45-49-84-58-68-93(69-59-84)99(94-70-72-95(100-2)73-71-94)92-66-56-82(57-67-92)47-43-78-36-32-76(33-37-78)19-17-29-97(87-24-12-6-13-25-87)88-26-14-7-15-27-88/h4-73H,3H2,1-2H3/b18-16+,19-17+,46-42+,47-43+,48-44+,49-45+. The molecule has 0 unspecified atom stereocenters. The van der Waals surface area contributed by atoms with Crippen LogP contribution in [0.5, 0.6) is 5.75 Å². The number of hydrogen-bond donors (Lipinski definition) is 0. The summed E-state index contributed by atoms with van der Waals surface area (Å²) in [5.41, 5.74) is 26.3. The van der Waals surface area contributed by atoms with Crippen molar-refractivity contribution in [3.8, 4) is 5.75 Å². The van der Waals surface area contributed by atoms with E-state index in [-0.39, 0.29) is 0 Å². The van der Waals surface area contributed by atoms with Crippen LogP contribution < -0.4 is 14.5 Å². The SMILES string of the molecule is CCc1ccc(N(c2ccc(/C=C/c3ccc(/C=C/C=C(c4ccccc4)c4ccccc4)cc3)cc2)c2ccc(/C=C/c3ccc(/C=C/c4ccc(N(c5ccc(/C=C/c6ccc(/C=C/C=C(c7ccccc7)c7ccccc7)cc6)cc5)c5ccc(OC)cc5)cc4)cc3)cc2)cc1. The van der Waals surface area contributed by atoms with Gasteiger partial charge in [-0.1, -0.05) is 347 Å². The maximum absolute atomic E-state index is 5.54. The summed E-state index contributed by atoms with van der Waals surface area (Å²) in [6.45, 7) is 2.20. The maximum atomic E-state index is 5.54. The minimum atomic E-state index is 0.815. The minimum Gasteiger partial charge on any atom is -0.497 e. The fourth-order valence-electron chi connectivity index (χ4n) is 12.1. The van der Waals surface area contributed by atoms with E-state index in [1.54, 1.807) is 7.11 Å². The Bertz CT molecular complexity index is 4580. The lowest BCUT2D eigenvalue weighted by Crippen LogP contribution is -2.09. The Hall–Kier alpha value is -12.8. The maximum Gasteiger partial charge on any atom is 0.119 e. The molecule has 0 atom stereocenters. The van der Waals surface area contributed by atoms with Crippen molar-refractivity contribution < 1.29 is 4.74 Å². The van der Waals surface area contributed by atoms with Crippen LogP contribution >= 0.6 is 0 Å². The highest BCUT2D eigenvalue weighted by Gasteiger charge is 2.15. The highest BCUT2D eigenvalue weighted by atomic mass is 16.5. The van der Waals surface area contributed by atoms with Crippen LogP contribution in [0, 0.1) is 0 Å². The van der Waals surface area contributed by atoms with Crippen LogP contribution in [-0.2, 0) is 6.42 Å². The van der Waals surface area contributed by atoms with Crippen LogP contribution in [-0.4, -0.2) is 7.11 Å². The molecule has 0 fully saturated rings. The quantitative estimate of drug-likeness (QED) is 0.0443. The molecule has 0 radical (unpaired) electrons. The number of hydrogen-bond acceptors (Lipinski definition) is 3. The molecule has 3 nitrogen and oxygen atoms in total. The molecule has 100 heavy (non-hydrogen) atoms. The molecule has 0 aliphatic heterocycles. The van der Waals surface area contributed by atoms with Crippen molar-refractivity contribution >= 4 is 106 Å². The molecule has 13 aromatic rings. The van der Waals surface area contributed by atoms with Gasteiger partial charge in [0.1, 0.15) is 5.75 Å². The monoisotopic (exact) mass is 1290 g/mol. The third kappa shape index (κ3) is 17.6. The van der Waals surface area contributed by atoms with E-state index in [1.807, 2.05) is 12.1 Å². The van der Waals surface area contributed by atoms with E-state index in [9.17, 15) is 0 Å². The van der Waals surface area contributed by atoms with Gasteiger partial charge in [0, 0.05) is 34.1 Å². The van der Waals surface area contributed by atoms with Crippen LogP contribution in [0.1, 0.15) is 90.4 Å². The van der Waals surface area contributed by atoms with Crippen LogP contribution in [0.2, 0.25) is 0 Å². The number of aryl methyl sites for hydroxylation is 1. The number of nitrogens with zero attached hydrogens (tertiary/aromatic N) is 2. The summed E-state index contributed by atoms with van der Waals surface area (Å²) in [4.78, 5) is 4.61. The second-order valence-corrected chi connectivity index (χ2v) is 24.4. The zero-order valence-electron chi connectivity index (χ0n) is 56.4. The van der Waals surface area contributed by atoms with Crippen molar-refractivity contribution in [2.45, 2.75) is 13.3 Å². The number of allylic oxidation sites excluding steroid dienone is 4. The van der Waals surface area contributed by atoms with Crippen molar-refractivity contribution in [2.75, 3.05) is 16.9 Å². The third-order valence-electron chi connectivity index (χ3n) is 17.7. The summed E-state index contributed by atoms with van der Waals surface area (Å²) in [6.07, 6.45) is 31.4. The molecule has 0 saturated heterocycles. The number of anilines is 6. The van der Waals surface area contributed by atoms with Crippen molar-refractivity contribution in [1.29, 1.82) is 0 Å². The van der Waals surface area contributed by atoms with Gasteiger partial charge in [-0.05, 0) is 186 Å². The second-order valence-electron chi connectivity index (χ2n) is 24.4. The molecule has 0 aromatic heterocycles. The van der Waals surface area contributed by atoms with E-state index < -0.39 is 0 Å². The topological polar surface area (TPSA) is 15.7 Å². The minimum absolute atomic E-state index is 0.815. The van der Waals surface area contributed by atoms with Gasteiger partial charge >= 0.3 is 0 Å². The zero-order valence-corrected chi connectivity index (χ0v) is 56.4. The molecular formula is C97H78N2O. The van der Waals surface area contributed by atoms with Crippen molar-refractivity contribution in [1.82, 2.24) is 0 Å². The second kappa shape index (κ2) is 33.2. The van der Waals surface area contributed by atoms with E-state index >= 15 is 0 Å². The Labute approximate surface area is 590 Å². The van der Waals surface area contributed by atoms with Gasteiger partial charge in [-0.15, -0.1) is 0 Å². The van der Waals surface area contributed by atoms with Gasteiger partial charge in [0.25, 0.3) is 0 Å². The first-order valence-electron chi connectivity index (χ1n) is 34.2. The van der Waals surface area contributed by atoms with Gasteiger partial charge in [0.15, 0.2) is 0 Å². The molecule has 13 rings (SSSR count). The average Bonchev–Trinajstić information content (AvgIpc) is 0.815. The number of benzene rings is 13. The molecule has 482 valence electrons. The Balaban J connectivity index is 0.627. The summed E-state index contributed by atoms with van der Waals surface area (Å²) in [6, 6.07) is 120. The molecule has 0 amide bonds. The highest BCUT2D eigenvalue weighted by Crippen LogP contribution is 2.38. The van der Waals surface area contributed by atoms with E-state index in [2.05, 4.69) is 429 Å². The number of methoxy groups -OCH3 is 1. The fourth-order valence-corrected chi connectivity index (χ4v) is 12.1. The van der Waals surface area contributed by atoms with Gasteiger partial charge < -0.3 is 14.5 Å². The molecule has 0 saturated carbocycles. The first-order valence-corrected chi connectivity index (χ1v) is 34.2. The molecule has 3 heteroatoms. The van der Waals surface area contributed by atoms with Gasteiger partial charge in [0.2, 0.25) is 0 Å². The smallest absolute Gasteiger partial charge is 0.119 e. The van der Waals surface area contributed by atoms with E-state index in [4.69, 9.17) is 4.74 Å². The fraction of sp³-hybridized carbons (Fsp3) is 0.0309. The van der Waals surface area contributed by atoms with Crippen molar-refractivity contribution in [2.24, 2.45) is 0 Å². The Morgan fingerprint density at radius 1 is 0.240 bits per heavy atom. The summed E-state index contributed by atoms with van der Waals surface area (Å²) in [5, 5.41) is 0. The zero-order chi connectivity index (χ0) is 67.9. The molecule has 0 bridgehead atoms. The summed E-state index contributed by atoms with van der Waals surface area (Å²) in [5.74, 6) is 0.815. The van der Waals surface area contributed by atoms with Crippen LogP contribution in [0.15, 0.2) is 364 Å².